The molecule has 0 aliphatic heterocycles. The van der Waals surface area contributed by atoms with Crippen LogP contribution in [0.1, 0.15) is 0 Å². The van der Waals surface area contributed by atoms with Crippen LogP contribution in [0, 0.1) is 0 Å². The van der Waals surface area contributed by atoms with Crippen LogP contribution in [-0.4, -0.2) is 11.7 Å². The fraction of sp³-hybridized carbons (Fsp3) is 0. The van der Waals surface area contributed by atoms with Crippen molar-refractivity contribution in [2.45, 2.75) is 0 Å². The van der Waals surface area contributed by atoms with Crippen LogP contribution in [0.15, 0.2) is 0 Å². The Hall–Kier alpha value is 0.711. The fourth-order valence-corrected chi connectivity index (χ4v) is 0.0629. The number of hydrogen-bond acceptors (Lipinski definition) is 8. The van der Waals surface area contributed by atoms with Crippen LogP contribution in [0.3, 0.4) is 0 Å². The maximum atomic E-state index is 9.11. The minimum atomic E-state index is 0. The Bertz CT molecular complexity index is 67.1. The van der Waals surface area contributed by atoms with Crippen LogP contribution in [0.5, 0.6) is 0 Å². The van der Waals surface area contributed by atoms with Crippen molar-refractivity contribution < 1.29 is 84.9 Å². The molecule has 0 fully saturated rings. The monoisotopic (exact) mass is 355 g/mol. The zero-order chi connectivity index (χ0) is 6.95. The molecule has 0 aromatic heterocycles. The molecule has 11 heavy (non-hydrogen) atoms. The summed E-state index contributed by atoms with van der Waals surface area (Å²) in [4.78, 5) is 12.4. The van der Waals surface area contributed by atoms with E-state index < -0.39 is 0 Å². The van der Waals surface area contributed by atoms with Gasteiger partial charge >= 0.3 is 22.4 Å². The fourth-order valence-electron chi connectivity index (χ4n) is 0.0629. The molecular formula is CHAg2O8. The van der Waals surface area contributed by atoms with Crippen LogP contribution in [0.4, 0.5) is 0 Å². The van der Waals surface area contributed by atoms with Gasteiger partial charge < -0.3 is 9.68 Å². The number of rotatable bonds is 6. The third-order valence-corrected chi connectivity index (χ3v) is 0.182. The Morgan fingerprint density at radius 3 is 2.09 bits per heavy atom. The predicted octanol–water partition coefficient (Wildman–Crippen LogP) is -0.804. The van der Waals surface area contributed by atoms with E-state index in [9.17, 15) is 0 Å². The summed E-state index contributed by atoms with van der Waals surface area (Å²) in [6.45, 7) is 0.809. The van der Waals surface area contributed by atoms with E-state index in [2.05, 4.69) is 30.1 Å². The molecule has 0 saturated heterocycles. The zero-order valence-electron chi connectivity index (χ0n) is 4.41. The van der Waals surface area contributed by atoms with Crippen molar-refractivity contribution in [1.29, 1.82) is 0 Å². The number of carbonyl (C=O) groups excluding carboxylic acids is 1. The molecule has 0 bridgehead atoms. The van der Waals surface area contributed by atoms with Crippen molar-refractivity contribution in [2.75, 3.05) is 0 Å². The van der Waals surface area contributed by atoms with Gasteiger partial charge in [0.05, 0.1) is 0 Å². The van der Waals surface area contributed by atoms with Crippen molar-refractivity contribution in [3.05, 3.63) is 0 Å². The first kappa shape index (κ1) is 17.7. The zero-order valence-corrected chi connectivity index (χ0v) is 7.37. The topological polar surface area (TPSA) is 92.7 Å². The van der Waals surface area contributed by atoms with Gasteiger partial charge in [0.2, 0.25) is 0 Å². The molecule has 1 radical (unpaired) electrons. The second-order valence-electron chi connectivity index (χ2n) is 0.513. The van der Waals surface area contributed by atoms with Gasteiger partial charge in [-0.05, 0) is 21.6 Å². The van der Waals surface area contributed by atoms with Gasteiger partial charge in [0.25, 0.3) is 0 Å². The Labute approximate surface area is 91.2 Å². The van der Waals surface area contributed by atoms with Crippen LogP contribution in [-0.2, 0) is 79.6 Å². The summed E-state index contributed by atoms with van der Waals surface area (Å²) in [5.74, 6) is 0. The molecule has 10 heteroatoms. The maximum absolute atomic E-state index is 9.11. The van der Waals surface area contributed by atoms with E-state index in [4.69, 9.17) is 10.1 Å². The van der Waals surface area contributed by atoms with Crippen LogP contribution in [0.25, 0.3) is 0 Å². The van der Waals surface area contributed by atoms with Crippen LogP contribution in [0.2, 0.25) is 0 Å². The number of hydrogen-bond donors (Lipinski definition) is 1. The van der Waals surface area contributed by atoms with Crippen LogP contribution < -0.4 is 0 Å². The van der Waals surface area contributed by atoms with Gasteiger partial charge in [0.1, 0.15) is 0 Å². The molecular weight excluding hydrogens is 356 g/mol. The van der Waals surface area contributed by atoms with Gasteiger partial charge in [0, 0.05) is 32.5 Å². The second-order valence-corrected chi connectivity index (χ2v) is 0.513. The van der Waals surface area contributed by atoms with Gasteiger partial charge in [0.15, 0.2) is 0 Å². The van der Waals surface area contributed by atoms with Gasteiger partial charge in [-0.15, -0.1) is 0 Å². The van der Waals surface area contributed by atoms with Gasteiger partial charge in [-0.3, -0.25) is 0 Å². The minimum Gasteiger partial charge on any atom is -0.495 e. The predicted molar refractivity (Wildman–Crippen MR) is 14.8 cm³/mol. The first-order valence-corrected chi connectivity index (χ1v) is 1.42. The SMILES string of the molecule is O=[C-]OOOOOOO.[Ag+].[Ag]. The third-order valence-electron chi connectivity index (χ3n) is 0.182. The Kier molecular flexibility index (Phi) is 27.3. The standard InChI is InChI=1S/CHO8.2Ag/c2-1-4-6-8-9-7-5-3;;/h3H;;/q-1;;+1. The van der Waals surface area contributed by atoms with E-state index >= 15 is 0 Å². The molecule has 0 aliphatic carbocycles. The largest absolute Gasteiger partial charge is 1.00 e. The molecule has 75 valence electrons. The summed E-state index contributed by atoms with van der Waals surface area (Å²) >= 11 is 0. The molecule has 0 rings (SSSR count). The smallest absolute Gasteiger partial charge is 0.495 e. The first-order valence-electron chi connectivity index (χ1n) is 1.42. The van der Waals surface area contributed by atoms with E-state index in [-0.39, 0.29) is 44.8 Å². The molecule has 0 saturated carbocycles. The average molecular weight is 357 g/mol. The molecule has 0 unspecified atom stereocenters. The molecule has 8 nitrogen and oxygen atoms in total. The summed E-state index contributed by atoms with van der Waals surface area (Å²) in [6.07, 6.45) is 0. The molecule has 0 atom stereocenters. The molecule has 0 aromatic carbocycles. The van der Waals surface area contributed by atoms with Gasteiger partial charge in [-0.1, -0.05) is 0 Å². The van der Waals surface area contributed by atoms with E-state index in [1.165, 1.54) is 0 Å². The summed E-state index contributed by atoms with van der Waals surface area (Å²) in [7, 11) is 0. The molecule has 0 aliphatic rings. The summed E-state index contributed by atoms with van der Waals surface area (Å²) < 4.78 is 0. The summed E-state index contributed by atoms with van der Waals surface area (Å²) in [5, 5.41) is 23.3. The van der Waals surface area contributed by atoms with E-state index in [1.54, 1.807) is 0 Å². The first-order chi connectivity index (χ1) is 4.41. The van der Waals surface area contributed by atoms with E-state index in [0.717, 1.165) is 6.47 Å². The van der Waals surface area contributed by atoms with Gasteiger partial charge in [-0.25, -0.2) is 5.26 Å². The molecule has 1 N–H and O–H groups in total. The minimum absolute atomic E-state index is 0. The van der Waals surface area contributed by atoms with Gasteiger partial charge in [-0.2, -0.15) is 0 Å². The summed E-state index contributed by atoms with van der Waals surface area (Å²) in [5.41, 5.74) is 0. The summed E-state index contributed by atoms with van der Waals surface area (Å²) in [6, 6.07) is 0. The van der Waals surface area contributed by atoms with Crippen molar-refractivity contribution in [3.63, 3.8) is 0 Å². The van der Waals surface area contributed by atoms with E-state index in [1.807, 2.05) is 0 Å². The van der Waals surface area contributed by atoms with Crippen molar-refractivity contribution in [3.8, 4) is 0 Å². The Morgan fingerprint density at radius 2 is 1.64 bits per heavy atom. The molecule has 0 aromatic rings. The third kappa shape index (κ3) is 18.0. The van der Waals surface area contributed by atoms with Crippen molar-refractivity contribution >= 4 is 6.47 Å². The van der Waals surface area contributed by atoms with E-state index in [0.29, 0.717) is 0 Å². The molecule has 0 amide bonds. The van der Waals surface area contributed by atoms with Crippen molar-refractivity contribution in [1.82, 2.24) is 0 Å². The van der Waals surface area contributed by atoms with Crippen molar-refractivity contribution in [2.24, 2.45) is 0 Å². The molecule has 0 spiro atoms. The maximum Gasteiger partial charge on any atom is 1.00 e. The normalized spacial score (nSPS) is 7.36. The quantitative estimate of drug-likeness (QED) is 0.217. The Balaban J connectivity index is -0.000000320. The Morgan fingerprint density at radius 1 is 1.09 bits per heavy atom. The molecule has 0 heterocycles. The van der Waals surface area contributed by atoms with Crippen LogP contribution >= 0.6 is 0 Å². The average Bonchev–Trinajstić information content (AvgIpc) is 1.89. The second kappa shape index (κ2) is 17.0.